The molecule has 0 aliphatic heterocycles. The van der Waals surface area contributed by atoms with Crippen LogP contribution in [-0.4, -0.2) is 14.2 Å². The van der Waals surface area contributed by atoms with Crippen molar-refractivity contribution in [3.8, 4) is 5.75 Å². The molecule has 2 rings (SSSR count). The summed E-state index contributed by atoms with van der Waals surface area (Å²) in [5, 5.41) is 4.06. The number of rotatable bonds is 4. The molecule has 4 heteroatoms. The summed E-state index contributed by atoms with van der Waals surface area (Å²) in [6.45, 7) is 2.05. The highest BCUT2D eigenvalue weighted by atomic mass is 79.9. The largest absolute Gasteiger partial charge is 0.496 e. The number of nitrogens with one attached hydrogen (secondary N) is 1. The molecule has 0 aromatic heterocycles. The molecule has 0 aliphatic carbocycles. The Morgan fingerprint density at radius 2 is 1.80 bits per heavy atom. The topological polar surface area (TPSA) is 21.3 Å². The van der Waals surface area contributed by atoms with E-state index in [0.717, 1.165) is 26.4 Å². The highest BCUT2D eigenvalue weighted by Crippen LogP contribution is 2.30. The maximum atomic E-state index is 6.06. The van der Waals surface area contributed by atoms with Crippen molar-refractivity contribution in [2.24, 2.45) is 0 Å². The van der Waals surface area contributed by atoms with Crippen LogP contribution in [0.4, 0.5) is 0 Å². The third-order valence-corrected chi connectivity index (χ3v) is 4.53. The predicted molar refractivity (Wildman–Crippen MR) is 87.8 cm³/mol. The highest BCUT2D eigenvalue weighted by molar-refractivity contribution is 9.10. The fourth-order valence-corrected chi connectivity index (χ4v) is 2.81. The summed E-state index contributed by atoms with van der Waals surface area (Å²) in [5.74, 6) is 0.904. The molecule has 1 N–H and O–H groups in total. The van der Waals surface area contributed by atoms with Crippen LogP contribution < -0.4 is 10.1 Å². The Balaban J connectivity index is 2.41. The zero-order chi connectivity index (χ0) is 14.7. The monoisotopic (exact) mass is 353 g/mol. The average molecular weight is 355 g/mol. The Labute approximate surface area is 133 Å². The van der Waals surface area contributed by atoms with Gasteiger partial charge < -0.3 is 10.1 Å². The first-order valence-electron chi connectivity index (χ1n) is 6.33. The van der Waals surface area contributed by atoms with Crippen LogP contribution in [0.1, 0.15) is 22.7 Å². The van der Waals surface area contributed by atoms with Crippen molar-refractivity contribution in [2.75, 3.05) is 14.2 Å². The molecule has 0 radical (unpaired) electrons. The highest BCUT2D eigenvalue weighted by Gasteiger charge is 2.14. The molecule has 106 valence electrons. The first-order chi connectivity index (χ1) is 9.56. The van der Waals surface area contributed by atoms with E-state index in [1.54, 1.807) is 7.11 Å². The van der Waals surface area contributed by atoms with E-state index in [9.17, 15) is 0 Å². The lowest BCUT2D eigenvalue weighted by Crippen LogP contribution is -2.17. The predicted octanol–water partition coefficient (Wildman–Crippen LogP) is 4.73. The molecule has 0 fully saturated rings. The Bertz CT molecular complexity index is 615. The molecule has 20 heavy (non-hydrogen) atoms. The van der Waals surface area contributed by atoms with Crippen LogP contribution in [0.3, 0.4) is 0 Å². The van der Waals surface area contributed by atoms with Crippen molar-refractivity contribution in [1.29, 1.82) is 0 Å². The van der Waals surface area contributed by atoms with Gasteiger partial charge in [0, 0.05) is 4.47 Å². The smallest absolute Gasteiger partial charge is 0.121 e. The molecule has 0 saturated carbocycles. The zero-order valence-corrected chi connectivity index (χ0v) is 14.0. The minimum absolute atomic E-state index is 0.119. The van der Waals surface area contributed by atoms with E-state index in [0.29, 0.717) is 0 Å². The standard InChI is InChI=1S/C16H17BrClNO/c1-10-8-11(5-7-15(10)20-3)16(19-2)12-4-6-14(18)13(17)9-12/h4-9,16,19H,1-3H3. The molecule has 0 heterocycles. The molecule has 1 unspecified atom stereocenters. The number of methoxy groups -OCH3 is 1. The van der Waals surface area contributed by atoms with E-state index in [4.69, 9.17) is 16.3 Å². The van der Waals surface area contributed by atoms with Gasteiger partial charge >= 0.3 is 0 Å². The molecule has 0 spiro atoms. The minimum atomic E-state index is 0.119. The van der Waals surface area contributed by atoms with Crippen molar-refractivity contribution in [1.82, 2.24) is 5.32 Å². The molecule has 2 aromatic rings. The summed E-state index contributed by atoms with van der Waals surface area (Å²) in [7, 11) is 3.64. The molecule has 2 aromatic carbocycles. The zero-order valence-electron chi connectivity index (χ0n) is 11.7. The molecule has 1 atom stereocenters. The number of benzene rings is 2. The van der Waals surface area contributed by atoms with E-state index in [1.807, 2.05) is 38.2 Å². The Kier molecular flexibility index (Phi) is 5.08. The Morgan fingerprint density at radius 1 is 1.15 bits per heavy atom. The van der Waals surface area contributed by atoms with E-state index in [2.05, 4.69) is 33.4 Å². The van der Waals surface area contributed by atoms with Crippen LogP contribution in [0, 0.1) is 6.92 Å². The van der Waals surface area contributed by atoms with Gasteiger partial charge in [-0.25, -0.2) is 0 Å². The Morgan fingerprint density at radius 3 is 2.35 bits per heavy atom. The van der Waals surface area contributed by atoms with Gasteiger partial charge in [-0.15, -0.1) is 0 Å². The maximum absolute atomic E-state index is 6.06. The van der Waals surface area contributed by atoms with Crippen LogP contribution >= 0.6 is 27.5 Å². The summed E-state index contributed by atoms with van der Waals surface area (Å²) >= 11 is 9.53. The van der Waals surface area contributed by atoms with Gasteiger partial charge in [-0.05, 0) is 64.8 Å². The van der Waals surface area contributed by atoms with Gasteiger partial charge in [-0.2, -0.15) is 0 Å². The fourth-order valence-electron chi connectivity index (χ4n) is 2.30. The van der Waals surface area contributed by atoms with Gasteiger partial charge in [-0.3, -0.25) is 0 Å². The van der Waals surface area contributed by atoms with Gasteiger partial charge in [0.25, 0.3) is 0 Å². The van der Waals surface area contributed by atoms with Crippen molar-refractivity contribution in [3.63, 3.8) is 0 Å². The first kappa shape index (κ1) is 15.4. The normalized spacial score (nSPS) is 12.2. The van der Waals surface area contributed by atoms with E-state index in [-0.39, 0.29) is 6.04 Å². The molecule has 0 bridgehead atoms. The number of ether oxygens (including phenoxy) is 1. The third kappa shape index (κ3) is 3.17. The van der Waals surface area contributed by atoms with E-state index < -0.39 is 0 Å². The summed E-state index contributed by atoms with van der Waals surface area (Å²) in [6.07, 6.45) is 0. The van der Waals surface area contributed by atoms with Crippen molar-refractivity contribution in [3.05, 3.63) is 62.6 Å². The lowest BCUT2D eigenvalue weighted by Gasteiger charge is -2.19. The van der Waals surface area contributed by atoms with E-state index >= 15 is 0 Å². The molecule has 0 aliphatic rings. The van der Waals surface area contributed by atoms with Crippen LogP contribution in [0.15, 0.2) is 40.9 Å². The lowest BCUT2D eigenvalue weighted by molar-refractivity contribution is 0.411. The second-order valence-corrected chi connectivity index (χ2v) is 5.89. The van der Waals surface area contributed by atoms with Gasteiger partial charge in [0.2, 0.25) is 0 Å². The number of hydrogen-bond acceptors (Lipinski definition) is 2. The third-order valence-electron chi connectivity index (χ3n) is 3.32. The summed E-state index contributed by atoms with van der Waals surface area (Å²) in [6, 6.07) is 12.3. The molecule has 2 nitrogen and oxygen atoms in total. The van der Waals surface area contributed by atoms with Crippen LogP contribution in [0.25, 0.3) is 0 Å². The van der Waals surface area contributed by atoms with Gasteiger partial charge in [0.1, 0.15) is 5.75 Å². The second kappa shape index (κ2) is 6.61. The van der Waals surface area contributed by atoms with Gasteiger partial charge in [0.15, 0.2) is 0 Å². The molecular formula is C16H17BrClNO. The maximum Gasteiger partial charge on any atom is 0.121 e. The lowest BCUT2D eigenvalue weighted by atomic mass is 9.97. The van der Waals surface area contributed by atoms with Crippen molar-refractivity contribution >= 4 is 27.5 Å². The Hall–Kier alpha value is -1.03. The van der Waals surface area contributed by atoms with Crippen LogP contribution in [0.2, 0.25) is 5.02 Å². The molecule has 0 saturated heterocycles. The number of hydrogen-bond donors (Lipinski definition) is 1. The molecular weight excluding hydrogens is 338 g/mol. The average Bonchev–Trinajstić information content (AvgIpc) is 2.44. The van der Waals surface area contributed by atoms with E-state index in [1.165, 1.54) is 5.56 Å². The van der Waals surface area contributed by atoms with Crippen molar-refractivity contribution < 1.29 is 4.74 Å². The van der Waals surface area contributed by atoms with Gasteiger partial charge in [0.05, 0.1) is 18.2 Å². The summed E-state index contributed by atoms with van der Waals surface area (Å²) < 4.78 is 6.21. The SMILES string of the molecule is CNC(c1ccc(OC)c(C)c1)c1ccc(Cl)c(Br)c1. The van der Waals surface area contributed by atoms with Crippen LogP contribution in [-0.2, 0) is 0 Å². The quantitative estimate of drug-likeness (QED) is 0.857. The number of halogens is 2. The summed E-state index contributed by atoms with van der Waals surface area (Å²) in [4.78, 5) is 0. The fraction of sp³-hybridized carbons (Fsp3) is 0.250. The first-order valence-corrected chi connectivity index (χ1v) is 7.50. The van der Waals surface area contributed by atoms with Gasteiger partial charge in [-0.1, -0.05) is 29.8 Å². The summed E-state index contributed by atoms with van der Waals surface area (Å²) in [5.41, 5.74) is 3.48. The minimum Gasteiger partial charge on any atom is -0.496 e. The van der Waals surface area contributed by atoms with Crippen molar-refractivity contribution in [2.45, 2.75) is 13.0 Å². The van der Waals surface area contributed by atoms with Crippen LogP contribution in [0.5, 0.6) is 5.75 Å². The molecule has 0 amide bonds. The second-order valence-electron chi connectivity index (χ2n) is 4.62. The number of aryl methyl sites for hydroxylation is 1.